The molecule has 102 valence electrons. The third kappa shape index (κ3) is 3.07. The van der Waals surface area contributed by atoms with Crippen LogP contribution in [0.15, 0.2) is 0 Å². The molecule has 6 nitrogen and oxygen atoms in total. The van der Waals surface area contributed by atoms with Crippen molar-refractivity contribution in [2.75, 3.05) is 6.54 Å². The fourth-order valence-corrected chi connectivity index (χ4v) is 2.28. The third-order valence-corrected chi connectivity index (χ3v) is 3.14. The molecule has 3 N–H and O–H groups in total. The topological polar surface area (TPSA) is 85.8 Å². The van der Waals surface area contributed by atoms with Gasteiger partial charge in [-0.2, -0.15) is 5.10 Å². The highest BCUT2D eigenvalue weighted by Crippen LogP contribution is 2.21. The Morgan fingerprint density at radius 3 is 2.56 bits per heavy atom. The van der Waals surface area contributed by atoms with Crippen molar-refractivity contribution >= 4 is 5.91 Å². The second-order valence-electron chi connectivity index (χ2n) is 4.93. The van der Waals surface area contributed by atoms with Gasteiger partial charge in [0.25, 0.3) is 0 Å². The van der Waals surface area contributed by atoms with E-state index in [-0.39, 0.29) is 11.9 Å². The van der Waals surface area contributed by atoms with Gasteiger partial charge in [0, 0.05) is 0 Å². The van der Waals surface area contributed by atoms with Gasteiger partial charge in [-0.3, -0.25) is 4.79 Å². The summed E-state index contributed by atoms with van der Waals surface area (Å²) in [6.45, 7) is 10.3. The van der Waals surface area contributed by atoms with Crippen LogP contribution < -0.4 is 11.1 Å². The lowest BCUT2D eigenvalue weighted by Gasteiger charge is -2.30. The molecule has 0 radical (unpaired) electrons. The average molecular weight is 253 g/mol. The highest BCUT2D eigenvalue weighted by Gasteiger charge is 2.32. The maximum atomic E-state index is 11.6. The van der Waals surface area contributed by atoms with Gasteiger partial charge in [0.05, 0.1) is 11.6 Å². The summed E-state index contributed by atoms with van der Waals surface area (Å²) in [7, 11) is 0. The first kappa shape index (κ1) is 14.6. The normalized spacial score (nSPS) is 16.3. The van der Waals surface area contributed by atoms with Crippen molar-refractivity contribution in [3.8, 4) is 0 Å². The molecule has 18 heavy (non-hydrogen) atoms. The first-order valence-electron chi connectivity index (χ1n) is 6.25. The first-order chi connectivity index (χ1) is 8.30. The van der Waals surface area contributed by atoms with Crippen LogP contribution in [-0.4, -0.2) is 32.8 Å². The zero-order valence-electron chi connectivity index (χ0n) is 11.8. The van der Waals surface area contributed by atoms with Gasteiger partial charge in [-0.15, -0.1) is 0 Å². The minimum Gasteiger partial charge on any atom is -0.368 e. The van der Waals surface area contributed by atoms with Crippen LogP contribution in [0.4, 0.5) is 0 Å². The van der Waals surface area contributed by atoms with Crippen molar-refractivity contribution in [3.05, 3.63) is 11.6 Å². The number of primary amides is 1. The molecule has 0 saturated heterocycles. The summed E-state index contributed by atoms with van der Waals surface area (Å²) in [5.41, 5.74) is 4.76. The van der Waals surface area contributed by atoms with E-state index in [0.717, 1.165) is 11.6 Å². The monoisotopic (exact) mass is 253 g/mol. The number of aromatic nitrogens is 3. The molecule has 0 aliphatic rings. The van der Waals surface area contributed by atoms with Gasteiger partial charge in [0.1, 0.15) is 11.6 Å². The van der Waals surface area contributed by atoms with E-state index < -0.39 is 5.54 Å². The van der Waals surface area contributed by atoms with E-state index in [1.807, 2.05) is 39.3 Å². The molecule has 1 rings (SSSR count). The maximum Gasteiger partial charge on any atom is 0.237 e. The smallest absolute Gasteiger partial charge is 0.237 e. The summed E-state index contributed by atoms with van der Waals surface area (Å²) in [6.07, 6.45) is 0.583. The van der Waals surface area contributed by atoms with Crippen molar-refractivity contribution in [3.63, 3.8) is 0 Å². The number of rotatable bonds is 6. The Bertz CT molecular complexity index is 428. The molecule has 2 unspecified atom stereocenters. The number of nitrogens with two attached hydrogens (primary N) is 1. The zero-order valence-corrected chi connectivity index (χ0v) is 11.8. The van der Waals surface area contributed by atoms with E-state index in [4.69, 9.17) is 5.73 Å². The van der Waals surface area contributed by atoms with Gasteiger partial charge in [-0.1, -0.05) is 6.92 Å². The average Bonchev–Trinajstić information content (AvgIpc) is 2.57. The van der Waals surface area contributed by atoms with Gasteiger partial charge in [0.2, 0.25) is 5.91 Å². The Kier molecular flexibility index (Phi) is 4.45. The number of likely N-dealkylation sites (N-methyl/N-ethyl adjacent to an activating group) is 1. The number of hydrogen-bond acceptors (Lipinski definition) is 4. The van der Waals surface area contributed by atoms with Gasteiger partial charge >= 0.3 is 0 Å². The molecule has 0 saturated carbocycles. The van der Waals surface area contributed by atoms with E-state index >= 15 is 0 Å². The van der Waals surface area contributed by atoms with Gasteiger partial charge in [-0.05, 0) is 40.7 Å². The fourth-order valence-electron chi connectivity index (χ4n) is 2.28. The molecule has 6 heteroatoms. The van der Waals surface area contributed by atoms with Crippen LogP contribution in [0.5, 0.6) is 0 Å². The van der Waals surface area contributed by atoms with Crippen LogP contribution in [0.2, 0.25) is 0 Å². The van der Waals surface area contributed by atoms with E-state index in [9.17, 15) is 4.79 Å². The first-order valence-corrected chi connectivity index (χ1v) is 6.25. The Morgan fingerprint density at radius 1 is 1.56 bits per heavy atom. The van der Waals surface area contributed by atoms with Crippen LogP contribution in [0.25, 0.3) is 0 Å². The van der Waals surface area contributed by atoms with Crippen molar-refractivity contribution in [2.24, 2.45) is 5.73 Å². The standard InChI is InChI=1S/C12H23N5O/c1-6-14-12(5,11(13)18)7-8(2)17-10(4)15-9(3)16-17/h8,14H,6-7H2,1-5H3,(H2,13,18). The summed E-state index contributed by atoms with van der Waals surface area (Å²) in [4.78, 5) is 15.9. The highest BCUT2D eigenvalue weighted by molar-refractivity contribution is 5.84. The van der Waals surface area contributed by atoms with Crippen molar-refractivity contribution in [1.29, 1.82) is 0 Å². The molecule has 2 atom stereocenters. The molecule has 0 fully saturated rings. The molecule has 0 spiro atoms. The van der Waals surface area contributed by atoms with E-state index in [1.165, 1.54) is 0 Å². The molecule has 0 bridgehead atoms. The maximum absolute atomic E-state index is 11.6. The molecule has 1 aromatic heterocycles. The van der Waals surface area contributed by atoms with Crippen LogP contribution in [-0.2, 0) is 4.79 Å². The van der Waals surface area contributed by atoms with Gasteiger partial charge in [-0.25, -0.2) is 9.67 Å². The summed E-state index contributed by atoms with van der Waals surface area (Å²) in [5.74, 6) is 1.25. The lowest BCUT2D eigenvalue weighted by atomic mass is 9.92. The fraction of sp³-hybridized carbons (Fsp3) is 0.750. The van der Waals surface area contributed by atoms with Crippen LogP contribution in [0, 0.1) is 13.8 Å². The third-order valence-electron chi connectivity index (χ3n) is 3.14. The van der Waals surface area contributed by atoms with E-state index in [1.54, 1.807) is 0 Å². The van der Waals surface area contributed by atoms with Gasteiger partial charge in [0.15, 0.2) is 0 Å². The largest absolute Gasteiger partial charge is 0.368 e. The summed E-state index contributed by atoms with van der Waals surface area (Å²) >= 11 is 0. The van der Waals surface area contributed by atoms with Crippen molar-refractivity contribution < 1.29 is 4.79 Å². The predicted octanol–water partition coefficient (Wildman–Crippen LogP) is 0.700. The molecule has 0 aromatic carbocycles. The number of carbonyl (C=O) groups is 1. The number of carbonyl (C=O) groups excluding carboxylic acids is 1. The molecule has 1 amide bonds. The van der Waals surface area contributed by atoms with E-state index in [0.29, 0.717) is 13.0 Å². The molecule has 1 aromatic rings. The van der Waals surface area contributed by atoms with Crippen LogP contribution in [0.3, 0.4) is 0 Å². The Hall–Kier alpha value is -1.43. The summed E-state index contributed by atoms with van der Waals surface area (Å²) in [5, 5.41) is 7.49. The summed E-state index contributed by atoms with van der Waals surface area (Å²) in [6, 6.07) is 0.0581. The van der Waals surface area contributed by atoms with Crippen LogP contribution >= 0.6 is 0 Å². The number of amides is 1. The predicted molar refractivity (Wildman–Crippen MR) is 70.1 cm³/mol. The minimum absolute atomic E-state index is 0.0581. The highest BCUT2D eigenvalue weighted by atomic mass is 16.1. The van der Waals surface area contributed by atoms with Crippen molar-refractivity contribution in [1.82, 2.24) is 20.1 Å². The molecule has 0 aliphatic carbocycles. The number of nitrogens with zero attached hydrogens (tertiary/aromatic N) is 3. The lowest BCUT2D eigenvalue weighted by Crippen LogP contribution is -2.54. The lowest BCUT2D eigenvalue weighted by molar-refractivity contribution is -0.124. The van der Waals surface area contributed by atoms with Crippen molar-refractivity contribution in [2.45, 2.75) is 52.6 Å². The van der Waals surface area contributed by atoms with Gasteiger partial charge < -0.3 is 11.1 Å². The Balaban J connectivity index is 2.88. The number of hydrogen-bond donors (Lipinski definition) is 2. The minimum atomic E-state index is -0.722. The molecule has 1 heterocycles. The number of aryl methyl sites for hydroxylation is 2. The molecular weight excluding hydrogens is 230 g/mol. The summed E-state index contributed by atoms with van der Waals surface area (Å²) < 4.78 is 1.84. The SMILES string of the molecule is CCNC(C)(CC(C)n1nc(C)nc1C)C(N)=O. The molecular formula is C12H23N5O. The number of nitrogens with one attached hydrogen (secondary N) is 1. The second-order valence-corrected chi connectivity index (χ2v) is 4.93. The quantitative estimate of drug-likeness (QED) is 0.781. The Labute approximate surface area is 108 Å². The zero-order chi connectivity index (χ0) is 13.9. The molecule has 0 aliphatic heterocycles. The van der Waals surface area contributed by atoms with Crippen LogP contribution in [0.1, 0.15) is 44.9 Å². The Morgan fingerprint density at radius 2 is 2.17 bits per heavy atom. The second kappa shape index (κ2) is 5.48. The van der Waals surface area contributed by atoms with E-state index in [2.05, 4.69) is 15.4 Å².